The molecule has 0 radical (unpaired) electrons. The molecule has 2 aromatic carbocycles. The van der Waals surface area contributed by atoms with Crippen molar-refractivity contribution in [3.05, 3.63) is 67.2 Å². The van der Waals surface area contributed by atoms with Crippen molar-refractivity contribution in [3.8, 4) is 5.75 Å². The van der Waals surface area contributed by atoms with Gasteiger partial charge in [-0.2, -0.15) is 0 Å². The Labute approximate surface area is 266 Å². The molecule has 0 unspecified atom stereocenters. The quantitative estimate of drug-likeness (QED) is 0.210. The summed E-state index contributed by atoms with van der Waals surface area (Å²) in [4.78, 5) is 39.2. The van der Waals surface area contributed by atoms with E-state index in [1.165, 1.54) is 24.8 Å². The predicted octanol–water partition coefficient (Wildman–Crippen LogP) is 6.78. The lowest BCUT2D eigenvalue weighted by Gasteiger charge is -2.34. The van der Waals surface area contributed by atoms with E-state index in [0.717, 1.165) is 48.7 Å². The summed E-state index contributed by atoms with van der Waals surface area (Å²) in [6, 6.07) is 7.71. The van der Waals surface area contributed by atoms with Crippen LogP contribution in [0, 0.1) is 6.92 Å². The van der Waals surface area contributed by atoms with Gasteiger partial charge in [-0.15, -0.1) is 11.3 Å². The van der Waals surface area contributed by atoms with Gasteiger partial charge < -0.3 is 25.2 Å². The van der Waals surface area contributed by atoms with Gasteiger partial charge in [0.25, 0.3) is 5.91 Å². The second kappa shape index (κ2) is 13.1. The molecule has 0 bridgehead atoms. The first-order valence-corrected chi connectivity index (χ1v) is 15.7. The van der Waals surface area contributed by atoms with Gasteiger partial charge in [0.2, 0.25) is 5.91 Å². The number of halogens is 3. The van der Waals surface area contributed by atoms with Gasteiger partial charge in [0.05, 0.1) is 44.5 Å². The van der Waals surface area contributed by atoms with Gasteiger partial charge in [-0.05, 0) is 52.7 Å². The predicted molar refractivity (Wildman–Crippen MR) is 173 cm³/mol. The molecule has 0 atom stereocenters. The van der Waals surface area contributed by atoms with Crippen LogP contribution in [0.5, 0.6) is 5.75 Å². The summed E-state index contributed by atoms with van der Waals surface area (Å²) in [5.41, 5.74) is 3.55. The Kier molecular flexibility index (Phi) is 9.54. The molecule has 9 nitrogen and oxygen atoms in total. The van der Waals surface area contributed by atoms with Crippen molar-refractivity contribution in [1.29, 1.82) is 0 Å². The van der Waals surface area contributed by atoms with Crippen LogP contribution in [0.15, 0.2) is 40.4 Å². The van der Waals surface area contributed by atoms with Crippen LogP contribution in [0.1, 0.15) is 28.4 Å². The maximum atomic E-state index is 13.3. The third kappa shape index (κ3) is 6.21. The molecule has 220 valence electrons. The van der Waals surface area contributed by atoms with E-state index in [9.17, 15) is 9.59 Å². The van der Waals surface area contributed by atoms with E-state index in [1.54, 1.807) is 12.3 Å². The van der Waals surface area contributed by atoms with E-state index in [4.69, 9.17) is 27.9 Å². The molecule has 13 heteroatoms. The number of rotatable bonds is 8. The Hall–Kier alpha value is -2.96. The first-order valence-electron chi connectivity index (χ1n) is 13.3. The number of nitrogens with one attached hydrogen (secondary N) is 2. The van der Waals surface area contributed by atoms with Crippen molar-refractivity contribution in [2.75, 3.05) is 50.5 Å². The molecule has 1 aliphatic rings. The molecule has 1 fully saturated rings. The number of carbonyl (C=O) groups excluding carboxylic acids is 2. The molecular weight excluding hydrogens is 663 g/mol. The van der Waals surface area contributed by atoms with Gasteiger partial charge >= 0.3 is 0 Å². The van der Waals surface area contributed by atoms with Gasteiger partial charge in [-0.3, -0.25) is 9.59 Å². The van der Waals surface area contributed by atoms with E-state index in [-0.39, 0.29) is 16.6 Å². The first kappa shape index (κ1) is 30.5. The van der Waals surface area contributed by atoms with Crippen molar-refractivity contribution in [1.82, 2.24) is 19.8 Å². The maximum absolute atomic E-state index is 13.3. The zero-order valence-corrected chi connectivity index (χ0v) is 27.2. The third-order valence-electron chi connectivity index (χ3n) is 7.28. The highest BCUT2D eigenvalue weighted by atomic mass is 79.9. The molecule has 42 heavy (non-hydrogen) atoms. The second-order valence-electron chi connectivity index (χ2n) is 9.79. The van der Waals surface area contributed by atoms with Crippen molar-refractivity contribution in [2.45, 2.75) is 20.3 Å². The van der Waals surface area contributed by atoms with Gasteiger partial charge in [0.15, 0.2) is 11.6 Å². The molecule has 1 saturated heterocycles. The molecule has 0 aliphatic carbocycles. The van der Waals surface area contributed by atoms with Crippen molar-refractivity contribution in [3.63, 3.8) is 0 Å². The van der Waals surface area contributed by atoms with Crippen LogP contribution in [0.25, 0.3) is 10.2 Å². The highest BCUT2D eigenvalue weighted by Gasteiger charge is 2.24. The van der Waals surface area contributed by atoms with E-state index in [1.807, 2.05) is 29.2 Å². The minimum Gasteiger partial charge on any atom is -0.494 e. The number of hydrogen-bond donors (Lipinski definition) is 2. The number of thiophene rings is 1. The lowest BCUT2D eigenvalue weighted by atomic mass is 10.1. The molecule has 0 saturated carbocycles. The number of hydrogen-bond acceptors (Lipinski definition) is 8. The van der Waals surface area contributed by atoms with Crippen LogP contribution in [-0.2, 0) is 11.2 Å². The first-order chi connectivity index (χ1) is 20.2. The summed E-state index contributed by atoms with van der Waals surface area (Å²) >= 11 is 17.8. The number of methoxy groups -OCH3 is 1. The number of amides is 2. The summed E-state index contributed by atoms with van der Waals surface area (Å²) in [6.45, 7) is 8.34. The van der Waals surface area contributed by atoms with Gasteiger partial charge in [-0.1, -0.05) is 42.3 Å². The van der Waals surface area contributed by atoms with Gasteiger partial charge in [-0.25, -0.2) is 9.97 Å². The molecule has 5 rings (SSSR count). The summed E-state index contributed by atoms with van der Waals surface area (Å²) in [5, 5.41) is 8.36. The fourth-order valence-electron chi connectivity index (χ4n) is 4.77. The van der Waals surface area contributed by atoms with Crippen LogP contribution in [0.4, 0.5) is 17.2 Å². The standard InChI is InChI=1S/C29H29BrCl2N6O3S/c1-4-37-9-11-38(12-10-37)20(39)13-17-5-7-18(8-6-17)35-28-27-24(33-15-34-28)19(14-42-27)29(40)36-25-22(31)16(2)21(30)26(41-3)23(25)32/h5-8,14-15H,4,9-13H2,1-3H3,(H,36,40)(H,33,34,35). The summed E-state index contributed by atoms with van der Waals surface area (Å²) in [5.74, 6) is 0.679. The Bertz CT molecular complexity index is 1640. The fourth-order valence-corrected chi connectivity index (χ4v) is 7.10. The Morgan fingerprint density at radius 2 is 1.81 bits per heavy atom. The van der Waals surface area contributed by atoms with Crippen molar-refractivity contribution < 1.29 is 14.3 Å². The molecule has 4 aromatic rings. The number of ether oxygens (including phenoxy) is 1. The van der Waals surface area contributed by atoms with Gasteiger partial charge in [0.1, 0.15) is 11.3 Å². The normalized spacial score (nSPS) is 13.8. The number of carbonyl (C=O) groups is 2. The zero-order chi connectivity index (χ0) is 30.0. The third-order valence-corrected chi connectivity index (χ3v) is 10.0. The molecular formula is C29H29BrCl2N6O3S. The van der Waals surface area contributed by atoms with Crippen molar-refractivity contribution >= 4 is 89.7 Å². The average Bonchev–Trinajstić information content (AvgIpc) is 3.45. The second-order valence-corrected chi connectivity index (χ2v) is 12.2. The molecule has 2 amide bonds. The van der Waals surface area contributed by atoms with E-state index in [0.29, 0.717) is 44.1 Å². The maximum Gasteiger partial charge on any atom is 0.258 e. The van der Waals surface area contributed by atoms with Crippen LogP contribution in [-0.4, -0.2) is 71.4 Å². The molecule has 0 spiro atoms. The zero-order valence-electron chi connectivity index (χ0n) is 23.3. The summed E-state index contributed by atoms with van der Waals surface area (Å²) < 4.78 is 6.73. The molecule has 3 heterocycles. The summed E-state index contributed by atoms with van der Waals surface area (Å²) in [6.07, 6.45) is 1.78. The lowest BCUT2D eigenvalue weighted by molar-refractivity contribution is -0.132. The highest BCUT2D eigenvalue weighted by molar-refractivity contribution is 9.10. The topological polar surface area (TPSA) is 99.7 Å². The van der Waals surface area contributed by atoms with Crippen LogP contribution in [0.2, 0.25) is 10.0 Å². The number of likely N-dealkylation sites (N-methyl/N-ethyl adjacent to an activating group) is 1. The smallest absolute Gasteiger partial charge is 0.258 e. The minimum atomic E-state index is -0.413. The monoisotopic (exact) mass is 690 g/mol. The minimum absolute atomic E-state index is 0.146. The van der Waals surface area contributed by atoms with E-state index in [2.05, 4.69) is 48.4 Å². The molecule has 1 aliphatic heterocycles. The van der Waals surface area contributed by atoms with Crippen LogP contribution < -0.4 is 15.4 Å². The number of fused-ring (bicyclic) bond motifs is 1. The highest BCUT2D eigenvalue weighted by Crippen LogP contribution is 2.46. The average molecular weight is 692 g/mol. The van der Waals surface area contributed by atoms with E-state index >= 15 is 0 Å². The Balaban J connectivity index is 1.29. The lowest BCUT2D eigenvalue weighted by Crippen LogP contribution is -2.48. The number of benzene rings is 2. The van der Waals surface area contributed by atoms with Crippen LogP contribution >= 0.6 is 50.5 Å². The van der Waals surface area contributed by atoms with Crippen molar-refractivity contribution in [2.24, 2.45) is 0 Å². The largest absolute Gasteiger partial charge is 0.494 e. The van der Waals surface area contributed by atoms with Crippen LogP contribution in [0.3, 0.4) is 0 Å². The fraction of sp³-hybridized carbons (Fsp3) is 0.310. The number of aromatic nitrogens is 2. The summed E-state index contributed by atoms with van der Waals surface area (Å²) in [7, 11) is 1.49. The van der Waals surface area contributed by atoms with E-state index < -0.39 is 5.91 Å². The number of nitrogens with zero attached hydrogens (tertiary/aromatic N) is 4. The molecule has 2 aromatic heterocycles. The number of anilines is 3. The Morgan fingerprint density at radius 1 is 1.10 bits per heavy atom. The SMILES string of the molecule is CCN1CCN(C(=O)Cc2ccc(Nc3ncnc4c(C(=O)Nc5c(Cl)c(C)c(Br)c(OC)c5Cl)csc34)cc2)CC1. The molecule has 2 N–H and O–H groups in total. The number of piperazine rings is 1. The van der Waals surface area contributed by atoms with Gasteiger partial charge in [0, 0.05) is 37.2 Å². The Morgan fingerprint density at radius 3 is 2.48 bits per heavy atom.